The van der Waals surface area contributed by atoms with Crippen molar-refractivity contribution >= 4 is 6.16 Å². The van der Waals surface area contributed by atoms with Crippen molar-refractivity contribution in [1.29, 1.82) is 5.26 Å². The van der Waals surface area contributed by atoms with E-state index >= 15 is 0 Å². The highest BCUT2D eigenvalue weighted by atomic mass is 19.1. The van der Waals surface area contributed by atoms with Crippen LogP contribution in [0.3, 0.4) is 0 Å². The zero-order valence-electron chi connectivity index (χ0n) is 13.3. The van der Waals surface area contributed by atoms with Gasteiger partial charge in [0.25, 0.3) is 0 Å². The molecule has 0 aliphatic heterocycles. The van der Waals surface area contributed by atoms with E-state index < -0.39 is 12.0 Å². The van der Waals surface area contributed by atoms with E-state index in [1.807, 2.05) is 6.07 Å². The van der Waals surface area contributed by atoms with Crippen molar-refractivity contribution in [3.8, 4) is 17.7 Å². The molecule has 1 aromatic heterocycles. The molecule has 0 aliphatic rings. The lowest BCUT2D eigenvalue weighted by Crippen LogP contribution is -2.14. The average Bonchev–Trinajstić information content (AvgIpc) is 2.57. The predicted octanol–water partition coefficient (Wildman–Crippen LogP) is 4.40. The van der Waals surface area contributed by atoms with E-state index in [1.54, 1.807) is 18.3 Å². The van der Waals surface area contributed by atoms with Crippen LogP contribution in [0, 0.1) is 17.1 Å². The molecule has 0 fully saturated rings. The number of benzene rings is 1. The predicted molar refractivity (Wildman–Crippen MR) is 85.2 cm³/mol. The Morgan fingerprint density at radius 3 is 2.71 bits per heavy atom. The molecule has 2 aromatic rings. The molecular formula is C18H17FN2O3. The van der Waals surface area contributed by atoms with Gasteiger partial charge in [-0.2, -0.15) is 5.26 Å². The fourth-order valence-electron chi connectivity index (χ4n) is 2.05. The number of nitrogens with zero attached hydrogens (tertiary/aromatic N) is 2. The van der Waals surface area contributed by atoms with Gasteiger partial charge in [-0.15, -0.1) is 0 Å². The van der Waals surface area contributed by atoms with Crippen LogP contribution in [0.1, 0.15) is 37.3 Å². The number of aryl methyl sites for hydroxylation is 1. The highest BCUT2D eigenvalue weighted by Crippen LogP contribution is 2.17. The molecule has 2 rings (SSSR count). The lowest BCUT2D eigenvalue weighted by molar-refractivity contribution is 0.150. The summed E-state index contributed by atoms with van der Waals surface area (Å²) < 4.78 is 23.2. The van der Waals surface area contributed by atoms with Crippen LogP contribution in [0.2, 0.25) is 0 Å². The molecule has 6 heteroatoms. The monoisotopic (exact) mass is 328 g/mol. The third kappa shape index (κ3) is 5.06. The van der Waals surface area contributed by atoms with Crippen LogP contribution in [0.15, 0.2) is 36.5 Å². The Labute approximate surface area is 139 Å². The molecule has 1 heterocycles. The summed E-state index contributed by atoms with van der Waals surface area (Å²) in [5.41, 5.74) is 0.939. The van der Waals surface area contributed by atoms with Gasteiger partial charge in [0.05, 0.1) is 5.56 Å². The average molecular weight is 328 g/mol. The SMILES string of the molecule is CCCCCc1ccc(OC(=O)Oc2ccc(C#N)c(F)c2)nc1. The molecule has 0 unspecified atom stereocenters. The number of hydrogen-bond donors (Lipinski definition) is 0. The van der Waals surface area contributed by atoms with E-state index in [1.165, 1.54) is 12.1 Å². The van der Waals surface area contributed by atoms with Crippen LogP contribution < -0.4 is 9.47 Å². The Kier molecular flexibility index (Phi) is 6.26. The normalized spacial score (nSPS) is 10.0. The van der Waals surface area contributed by atoms with E-state index in [9.17, 15) is 9.18 Å². The Balaban J connectivity index is 1.90. The first-order valence-corrected chi connectivity index (χ1v) is 7.66. The molecule has 0 bridgehead atoms. The van der Waals surface area contributed by atoms with Gasteiger partial charge in [0.15, 0.2) is 0 Å². The molecule has 1 aromatic carbocycles. The number of carbonyl (C=O) groups is 1. The Morgan fingerprint density at radius 1 is 1.25 bits per heavy atom. The first-order valence-electron chi connectivity index (χ1n) is 7.66. The largest absolute Gasteiger partial charge is 0.520 e. The highest BCUT2D eigenvalue weighted by Gasteiger charge is 2.11. The smallest absolute Gasteiger partial charge is 0.395 e. The summed E-state index contributed by atoms with van der Waals surface area (Å²) in [5, 5.41) is 8.65. The van der Waals surface area contributed by atoms with E-state index in [-0.39, 0.29) is 17.2 Å². The van der Waals surface area contributed by atoms with Gasteiger partial charge in [0.1, 0.15) is 17.6 Å². The van der Waals surface area contributed by atoms with Crippen LogP contribution in [0.25, 0.3) is 0 Å². The molecular weight excluding hydrogens is 311 g/mol. The van der Waals surface area contributed by atoms with Gasteiger partial charge < -0.3 is 9.47 Å². The molecule has 0 spiro atoms. The third-order valence-electron chi connectivity index (χ3n) is 3.32. The van der Waals surface area contributed by atoms with Crippen LogP contribution in [-0.2, 0) is 6.42 Å². The van der Waals surface area contributed by atoms with Crippen LogP contribution >= 0.6 is 0 Å². The molecule has 24 heavy (non-hydrogen) atoms. The number of rotatable bonds is 6. The second kappa shape index (κ2) is 8.63. The van der Waals surface area contributed by atoms with E-state index in [2.05, 4.69) is 11.9 Å². The molecule has 0 saturated heterocycles. The van der Waals surface area contributed by atoms with Crippen molar-refractivity contribution in [3.63, 3.8) is 0 Å². The summed E-state index contributed by atoms with van der Waals surface area (Å²) in [7, 11) is 0. The van der Waals surface area contributed by atoms with Crippen LogP contribution in [-0.4, -0.2) is 11.1 Å². The van der Waals surface area contributed by atoms with Crippen molar-refractivity contribution < 1.29 is 18.7 Å². The van der Waals surface area contributed by atoms with Gasteiger partial charge in [-0.3, -0.25) is 0 Å². The lowest BCUT2D eigenvalue weighted by atomic mass is 10.1. The minimum atomic E-state index is -1.02. The zero-order chi connectivity index (χ0) is 17.4. The quantitative estimate of drug-likeness (QED) is 0.446. The number of carbonyl (C=O) groups excluding carboxylic acids is 1. The highest BCUT2D eigenvalue weighted by molar-refractivity contribution is 5.66. The molecule has 0 amide bonds. The van der Waals surface area contributed by atoms with Gasteiger partial charge in [0.2, 0.25) is 5.88 Å². The first-order chi connectivity index (χ1) is 11.6. The fraction of sp³-hybridized carbons (Fsp3) is 0.278. The second-order valence-electron chi connectivity index (χ2n) is 5.17. The van der Waals surface area contributed by atoms with Gasteiger partial charge in [-0.25, -0.2) is 14.2 Å². The maximum Gasteiger partial charge on any atom is 0.520 e. The minimum absolute atomic E-state index is 0.0484. The fourth-order valence-corrected chi connectivity index (χ4v) is 2.05. The Morgan fingerprint density at radius 2 is 2.08 bits per heavy atom. The maximum absolute atomic E-state index is 13.4. The third-order valence-corrected chi connectivity index (χ3v) is 3.32. The lowest BCUT2D eigenvalue weighted by Gasteiger charge is -2.06. The maximum atomic E-state index is 13.4. The number of ether oxygens (including phenoxy) is 2. The summed E-state index contributed by atoms with van der Waals surface area (Å²) in [5.74, 6) is -0.710. The van der Waals surface area contributed by atoms with Crippen molar-refractivity contribution in [2.45, 2.75) is 32.6 Å². The molecule has 0 aliphatic carbocycles. The van der Waals surface area contributed by atoms with Crippen molar-refractivity contribution in [2.24, 2.45) is 0 Å². The topological polar surface area (TPSA) is 72.2 Å². The minimum Gasteiger partial charge on any atom is -0.395 e. The molecule has 124 valence electrons. The van der Waals surface area contributed by atoms with Crippen molar-refractivity contribution in [2.75, 3.05) is 0 Å². The van der Waals surface area contributed by atoms with E-state index in [0.717, 1.165) is 37.3 Å². The molecule has 0 radical (unpaired) electrons. The van der Waals surface area contributed by atoms with Crippen molar-refractivity contribution in [3.05, 3.63) is 53.5 Å². The number of halogens is 1. The number of pyridine rings is 1. The summed E-state index contributed by atoms with van der Waals surface area (Å²) in [4.78, 5) is 15.7. The molecule has 5 nitrogen and oxygen atoms in total. The van der Waals surface area contributed by atoms with Gasteiger partial charge >= 0.3 is 6.16 Å². The number of nitriles is 1. The Bertz CT molecular complexity index is 739. The first kappa shape index (κ1) is 17.4. The second-order valence-corrected chi connectivity index (χ2v) is 5.17. The summed E-state index contributed by atoms with van der Waals surface area (Å²) in [6.07, 6.45) is 4.95. The molecule has 0 saturated carbocycles. The van der Waals surface area contributed by atoms with E-state index in [0.29, 0.717) is 0 Å². The number of hydrogen-bond acceptors (Lipinski definition) is 5. The van der Waals surface area contributed by atoms with Gasteiger partial charge in [-0.1, -0.05) is 25.8 Å². The van der Waals surface area contributed by atoms with Crippen LogP contribution in [0.4, 0.5) is 9.18 Å². The molecule has 0 atom stereocenters. The summed E-state index contributed by atoms with van der Waals surface area (Å²) in [6, 6.07) is 8.59. The summed E-state index contributed by atoms with van der Waals surface area (Å²) in [6.45, 7) is 2.14. The molecule has 0 N–H and O–H groups in total. The summed E-state index contributed by atoms with van der Waals surface area (Å²) >= 11 is 0. The Hall–Kier alpha value is -2.94. The van der Waals surface area contributed by atoms with Crippen LogP contribution in [0.5, 0.6) is 11.6 Å². The van der Waals surface area contributed by atoms with Crippen molar-refractivity contribution in [1.82, 2.24) is 4.98 Å². The number of aromatic nitrogens is 1. The van der Waals surface area contributed by atoms with Gasteiger partial charge in [-0.05, 0) is 30.5 Å². The number of unbranched alkanes of at least 4 members (excludes halogenated alkanes) is 2. The van der Waals surface area contributed by atoms with Gasteiger partial charge in [0, 0.05) is 18.3 Å². The standard InChI is InChI=1S/C18H17FN2O3/c1-2-3-4-5-13-6-9-17(21-12-13)24-18(22)23-15-8-7-14(11-20)16(19)10-15/h6-10,12H,2-5H2,1H3. The van der Waals surface area contributed by atoms with E-state index in [4.69, 9.17) is 14.7 Å². The zero-order valence-corrected chi connectivity index (χ0v) is 13.3.